The minimum atomic E-state index is -0.713. The van der Waals surface area contributed by atoms with Crippen molar-refractivity contribution in [1.82, 2.24) is 5.32 Å². The third-order valence-electron chi connectivity index (χ3n) is 4.97. The van der Waals surface area contributed by atoms with E-state index in [1.807, 2.05) is 18.2 Å². The van der Waals surface area contributed by atoms with Gasteiger partial charge in [-0.15, -0.1) is 0 Å². The van der Waals surface area contributed by atoms with Gasteiger partial charge in [-0.1, -0.05) is 48.5 Å². The minimum Gasteiger partial charge on any atom is -0.322 e. The van der Waals surface area contributed by atoms with Crippen molar-refractivity contribution in [3.8, 4) is 0 Å². The number of hydrogen-bond acceptors (Lipinski definition) is 2. The molecule has 4 N–H and O–H groups in total. The highest BCUT2D eigenvalue weighted by Gasteiger charge is 2.24. The minimum absolute atomic E-state index is 0.0471. The van der Waals surface area contributed by atoms with Crippen LogP contribution >= 0.6 is 0 Å². The van der Waals surface area contributed by atoms with Gasteiger partial charge in [-0.05, 0) is 23.8 Å². The maximum absolute atomic E-state index is 13.5. The molecule has 0 unspecified atom stereocenters. The second-order valence-corrected chi connectivity index (χ2v) is 7.18. The average Bonchev–Trinajstić information content (AvgIpc) is 2.72. The number of imide groups is 1. The zero-order chi connectivity index (χ0) is 20.5. The summed E-state index contributed by atoms with van der Waals surface area (Å²) in [5, 5.41) is 4.63. The molecule has 1 aliphatic heterocycles. The summed E-state index contributed by atoms with van der Waals surface area (Å²) < 4.78 is 13.5. The van der Waals surface area contributed by atoms with E-state index in [0.717, 1.165) is 37.6 Å². The van der Waals surface area contributed by atoms with Crippen LogP contribution in [0, 0.1) is 5.82 Å². The third-order valence-corrected chi connectivity index (χ3v) is 4.97. The maximum Gasteiger partial charge on any atom is 0.326 e. The molecule has 0 saturated carbocycles. The molecule has 1 aliphatic rings. The Balaban J connectivity index is 1.35. The van der Waals surface area contributed by atoms with Crippen molar-refractivity contribution in [1.29, 1.82) is 0 Å². The van der Waals surface area contributed by atoms with Crippen LogP contribution in [0.15, 0.2) is 60.7 Å². The molecule has 0 atom stereocenters. The van der Waals surface area contributed by atoms with Crippen molar-refractivity contribution >= 4 is 23.7 Å². The first kappa shape index (κ1) is 20.7. The van der Waals surface area contributed by atoms with Gasteiger partial charge in [-0.3, -0.25) is 10.1 Å². The van der Waals surface area contributed by atoms with Crippen molar-refractivity contribution in [2.45, 2.75) is 0 Å². The molecular formula is C22H27FN4O2+2. The molecule has 2 aromatic carbocycles. The van der Waals surface area contributed by atoms with Gasteiger partial charge < -0.3 is 15.1 Å². The predicted octanol–water partition coefficient (Wildman–Crippen LogP) is -0.0294. The van der Waals surface area contributed by atoms with Gasteiger partial charge in [0.05, 0.1) is 12.2 Å². The maximum atomic E-state index is 13.5. The van der Waals surface area contributed by atoms with Gasteiger partial charge in [0.25, 0.3) is 5.91 Å². The summed E-state index contributed by atoms with van der Waals surface area (Å²) in [5.74, 6) is -0.901. The molecule has 0 bridgehead atoms. The lowest BCUT2D eigenvalue weighted by Crippen LogP contribution is -3.28. The fraction of sp³-hybridized carbons (Fsp3) is 0.273. The summed E-state index contributed by atoms with van der Waals surface area (Å²) in [7, 11) is 0. The molecule has 29 heavy (non-hydrogen) atoms. The molecule has 1 saturated heterocycles. The Kier molecular flexibility index (Phi) is 7.49. The van der Waals surface area contributed by atoms with Crippen LogP contribution in [-0.2, 0) is 4.79 Å². The van der Waals surface area contributed by atoms with Crippen molar-refractivity contribution in [3.05, 3.63) is 72.1 Å². The summed E-state index contributed by atoms with van der Waals surface area (Å²) >= 11 is 0. The lowest BCUT2D eigenvalue weighted by atomic mass is 10.2. The van der Waals surface area contributed by atoms with E-state index in [-0.39, 0.29) is 18.1 Å². The van der Waals surface area contributed by atoms with E-state index in [9.17, 15) is 14.0 Å². The summed E-state index contributed by atoms with van der Waals surface area (Å²) in [5.41, 5.74) is 1.24. The van der Waals surface area contributed by atoms with Crippen molar-refractivity contribution in [2.24, 2.45) is 0 Å². The van der Waals surface area contributed by atoms with Crippen LogP contribution in [0.5, 0.6) is 0 Å². The monoisotopic (exact) mass is 398 g/mol. The fourth-order valence-electron chi connectivity index (χ4n) is 3.38. The number of carbonyl (C=O) groups excluding carboxylic acids is 2. The van der Waals surface area contributed by atoms with Crippen LogP contribution in [0.1, 0.15) is 5.56 Å². The number of nitrogens with one attached hydrogen (secondary N) is 4. The molecule has 0 radical (unpaired) electrons. The van der Waals surface area contributed by atoms with Gasteiger partial charge in [0.2, 0.25) is 0 Å². The number of hydrogen-bond donors (Lipinski definition) is 4. The molecule has 0 aliphatic carbocycles. The Labute approximate surface area is 170 Å². The second-order valence-electron chi connectivity index (χ2n) is 7.18. The van der Waals surface area contributed by atoms with Crippen LogP contribution < -0.4 is 20.4 Å². The van der Waals surface area contributed by atoms with E-state index in [0.29, 0.717) is 0 Å². The number of amides is 3. The number of benzene rings is 2. The van der Waals surface area contributed by atoms with Gasteiger partial charge in [-0.25, -0.2) is 9.18 Å². The molecule has 3 rings (SSSR count). The Morgan fingerprint density at radius 1 is 0.931 bits per heavy atom. The lowest BCUT2D eigenvalue weighted by Gasteiger charge is -2.28. The quantitative estimate of drug-likeness (QED) is 0.552. The van der Waals surface area contributed by atoms with Gasteiger partial charge >= 0.3 is 6.03 Å². The number of urea groups is 1. The first-order chi connectivity index (χ1) is 14.1. The standard InChI is InChI=1S/C22H25FN4O2/c23-19-10-4-5-11-20(19)24-22(29)25-21(28)17-27-15-13-26(14-16-27)12-6-9-18-7-2-1-3-8-18/h1-11H,12-17H2,(H2,24,25,28,29)/p+2/b9-6+. The van der Waals surface area contributed by atoms with Crippen LogP contribution in [0.4, 0.5) is 14.9 Å². The van der Waals surface area contributed by atoms with E-state index in [4.69, 9.17) is 0 Å². The number of piperazine rings is 1. The van der Waals surface area contributed by atoms with Gasteiger partial charge in [0, 0.05) is 0 Å². The molecule has 152 valence electrons. The van der Waals surface area contributed by atoms with E-state index in [1.54, 1.807) is 6.07 Å². The fourth-order valence-corrected chi connectivity index (χ4v) is 3.38. The van der Waals surface area contributed by atoms with Crippen molar-refractivity contribution in [3.63, 3.8) is 0 Å². The molecular weight excluding hydrogens is 371 g/mol. The van der Waals surface area contributed by atoms with Gasteiger partial charge in [0.1, 0.15) is 32.0 Å². The summed E-state index contributed by atoms with van der Waals surface area (Å²) in [4.78, 5) is 26.6. The molecule has 2 aromatic rings. The van der Waals surface area contributed by atoms with Gasteiger partial charge in [-0.2, -0.15) is 0 Å². The SMILES string of the molecule is O=C(C[NH+]1CC[NH+](C/C=C/c2ccccc2)CC1)NC(=O)Nc1ccccc1F. The highest BCUT2D eigenvalue weighted by atomic mass is 19.1. The Morgan fingerprint density at radius 3 is 2.31 bits per heavy atom. The highest BCUT2D eigenvalue weighted by Crippen LogP contribution is 2.11. The molecule has 7 heteroatoms. The largest absolute Gasteiger partial charge is 0.326 e. The van der Waals surface area contributed by atoms with E-state index in [1.165, 1.54) is 28.7 Å². The van der Waals surface area contributed by atoms with Gasteiger partial charge in [0.15, 0.2) is 6.54 Å². The number of quaternary nitrogens is 2. The first-order valence-corrected chi connectivity index (χ1v) is 9.84. The average molecular weight is 398 g/mol. The zero-order valence-electron chi connectivity index (χ0n) is 16.3. The van der Waals surface area contributed by atoms with Crippen LogP contribution in [0.3, 0.4) is 0 Å². The molecule has 3 amide bonds. The van der Waals surface area contributed by atoms with E-state index >= 15 is 0 Å². The summed E-state index contributed by atoms with van der Waals surface area (Å²) in [6.07, 6.45) is 4.32. The molecule has 1 heterocycles. The lowest BCUT2D eigenvalue weighted by molar-refractivity contribution is -1.01. The number of rotatable bonds is 6. The Morgan fingerprint density at radius 2 is 1.59 bits per heavy atom. The topological polar surface area (TPSA) is 67.1 Å². The van der Waals surface area contributed by atoms with E-state index < -0.39 is 11.8 Å². The number of carbonyl (C=O) groups is 2. The summed E-state index contributed by atoms with van der Waals surface area (Å²) in [6, 6.07) is 15.3. The Hall–Kier alpha value is -3.03. The molecule has 0 spiro atoms. The number of halogens is 1. The molecule has 1 fully saturated rings. The predicted molar refractivity (Wildman–Crippen MR) is 110 cm³/mol. The molecule has 6 nitrogen and oxygen atoms in total. The number of para-hydroxylation sites is 1. The van der Waals surface area contributed by atoms with Crippen LogP contribution in [0.25, 0.3) is 6.08 Å². The first-order valence-electron chi connectivity index (χ1n) is 9.84. The zero-order valence-corrected chi connectivity index (χ0v) is 16.3. The molecule has 0 aromatic heterocycles. The van der Waals surface area contributed by atoms with E-state index in [2.05, 4.69) is 34.9 Å². The van der Waals surface area contributed by atoms with Crippen LogP contribution in [0.2, 0.25) is 0 Å². The third kappa shape index (κ3) is 6.81. The Bertz CT molecular complexity index is 849. The summed E-state index contributed by atoms with van der Waals surface area (Å²) in [6.45, 7) is 4.89. The van der Waals surface area contributed by atoms with Crippen molar-refractivity contribution < 1.29 is 23.8 Å². The van der Waals surface area contributed by atoms with Crippen LogP contribution in [-0.4, -0.2) is 51.2 Å². The number of anilines is 1. The smallest absolute Gasteiger partial charge is 0.322 e. The highest BCUT2D eigenvalue weighted by molar-refractivity contribution is 6.01. The normalized spacial score (nSPS) is 19.1. The van der Waals surface area contributed by atoms with Crippen molar-refractivity contribution in [2.75, 3.05) is 44.6 Å². The second kappa shape index (κ2) is 10.5.